The van der Waals surface area contributed by atoms with Crippen molar-refractivity contribution in [2.45, 2.75) is 6.43 Å². The lowest BCUT2D eigenvalue weighted by atomic mass is 10.3. The highest BCUT2D eigenvalue weighted by atomic mass is 19.3. The normalized spacial score (nSPS) is 10.5. The molecule has 0 spiro atoms. The van der Waals surface area contributed by atoms with Crippen molar-refractivity contribution in [1.29, 1.82) is 0 Å². The lowest BCUT2D eigenvalue weighted by Crippen LogP contribution is -1.98. The summed E-state index contributed by atoms with van der Waals surface area (Å²) in [6.07, 6.45) is -2.74. The summed E-state index contributed by atoms with van der Waals surface area (Å²) in [5.74, 6) is -0.720. The second kappa shape index (κ2) is 3.42. The van der Waals surface area contributed by atoms with E-state index in [1.807, 2.05) is 0 Å². The number of hydrogen-bond donors (Lipinski definition) is 2. The largest absolute Gasteiger partial charge is 0.502 e. The molecule has 0 amide bonds. The predicted molar refractivity (Wildman–Crippen MR) is 41.8 cm³/mol. The summed E-state index contributed by atoms with van der Waals surface area (Å²) in [7, 11) is 1.21. The molecule has 0 saturated carbocycles. The first-order valence-corrected chi connectivity index (χ1v) is 3.37. The van der Waals surface area contributed by atoms with Crippen LogP contribution in [-0.2, 0) is 0 Å². The number of hydrogen-bond acceptors (Lipinski definition) is 4. The number of rotatable bonds is 2. The SMILES string of the molecule is COc1nc(C(F)F)cc(N)c1O. The smallest absolute Gasteiger partial charge is 0.280 e. The molecule has 0 radical (unpaired) electrons. The quantitative estimate of drug-likeness (QED) is 0.737. The molecule has 72 valence electrons. The third-order valence-electron chi connectivity index (χ3n) is 1.43. The van der Waals surface area contributed by atoms with Crippen LogP contribution in [0.5, 0.6) is 11.6 Å². The Morgan fingerprint density at radius 3 is 2.69 bits per heavy atom. The Bertz CT molecular complexity index is 318. The first-order valence-electron chi connectivity index (χ1n) is 3.37. The summed E-state index contributed by atoms with van der Waals surface area (Å²) in [5, 5.41) is 9.15. The maximum atomic E-state index is 12.1. The first-order chi connectivity index (χ1) is 6.06. The number of anilines is 1. The maximum absolute atomic E-state index is 12.1. The third-order valence-corrected chi connectivity index (χ3v) is 1.43. The Morgan fingerprint density at radius 1 is 1.62 bits per heavy atom. The molecule has 6 heteroatoms. The van der Waals surface area contributed by atoms with Gasteiger partial charge in [-0.2, -0.15) is 0 Å². The van der Waals surface area contributed by atoms with Crippen molar-refractivity contribution in [1.82, 2.24) is 4.98 Å². The predicted octanol–water partition coefficient (Wildman–Crippen LogP) is 1.32. The summed E-state index contributed by atoms with van der Waals surface area (Å²) < 4.78 is 28.8. The van der Waals surface area contributed by atoms with Gasteiger partial charge in [-0.1, -0.05) is 0 Å². The fourth-order valence-corrected chi connectivity index (χ4v) is 0.808. The zero-order chi connectivity index (χ0) is 10.0. The van der Waals surface area contributed by atoms with Crippen LogP contribution in [0.25, 0.3) is 0 Å². The van der Waals surface area contributed by atoms with E-state index in [4.69, 9.17) is 10.8 Å². The molecule has 0 bridgehead atoms. The molecule has 0 aliphatic rings. The number of methoxy groups -OCH3 is 1. The molecule has 13 heavy (non-hydrogen) atoms. The minimum absolute atomic E-state index is 0.179. The van der Waals surface area contributed by atoms with Crippen LogP contribution < -0.4 is 10.5 Å². The highest BCUT2D eigenvalue weighted by Gasteiger charge is 2.15. The van der Waals surface area contributed by atoms with Gasteiger partial charge in [-0.05, 0) is 6.07 Å². The Kier molecular flexibility index (Phi) is 2.50. The molecule has 0 aliphatic carbocycles. The number of pyridine rings is 1. The van der Waals surface area contributed by atoms with Crippen molar-refractivity contribution in [2.24, 2.45) is 0 Å². The van der Waals surface area contributed by atoms with Gasteiger partial charge in [0.1, 0.15) is 5.69 Å². The summed E-state index contributed by atoms with van der Waals surface area (Å²) in [4.78, 5) is 3.35. The zero-order valence-electron chi connectivity index (χ0n) is 6.79. The Hall–Kier alpha value is -1.59. The number of ether oxygens (including phenoxy) is 1. The molecule has 0 aliphatic heterocycles. The molecule has 1 rings (SSSR count). The number of nitrogen functional groups attached to an aromatic ring is 1. The molecule has 3 N–H and O–H groups in total. The fraction of sp³-hybridized carbons (Fsp3) is 0.286. The van der Waals surface area contributed by atoms with Gasteiger partial charge in [0.2, 0.25) is 5.75 Å². The Labute approximate surface area is 73.0 Å². The summed E-state index contributed by atoms with van der Waals surface area (Å²) >= 11 is 0. The average molecular weight is 190 g/mol. The van der Waals surface area contributed by atoms with Gasteiger partial charge in [0.25, 0.3) is 12.3 Å². The van der Waals surface area contributed by atoms with Crippen LogP contribution in [0.15, 0.2) is 6.07 Å². The molecule has 0 saturated heterocycles. The summed E-state index contributed by atoms with van der Waals surface area (Å²) in [5.41, 5.74) is 4.53. The maximum Gasteiger partial charge on any atom is 0.280 e. The number of nitrogens with zero attached hydrogens (tertiary/aromatic N) is 1. The van der Waals surface area contributed by atoms with Gasteiger partial charge in [-0.15, -0.1) is 0 Å². The van der Waals surface area contributed by atoms with E-state index >= 15 is 0 Å². The molecule has 1 aromatic heterocycles. The van der Waals surface area contributed by atoms with Crippen LogP contribution in [-0.4, -0.2) is 17.2 Å². The van der Waals surface area contributed by atoms with E-state index in [1.54, 1.807) is 0 Å². The molecule has 1 heterocycles. The summed E-state index contributed by atoms with van der Waals surface area (Å²) in [6.45, 7) is 0. The lowest BCUT2D eigenvalue weighted by molar-refractivity contribution is 0.145. The number of aromatic nitrogens is 1. The van der Waals surface area contributed by atoms with Gasteiger partial charge in [0.15, 0.2) is 0 Å². The number of alkyl halides is 2. The van der Waals surface area contributed by atoms with E-state index in [0.29, 0.717) is 0 Å². The van der Waals surface area contributed by atoms with E-state index in [2.05, 4.69) is 9.72 Å². The molecule has 4 nitrogen and oxygen atoms in total. The van der Waals surface area contributed by atoms with Gasteiger partial charge in [0.05, 0.1) is 12.8 Å². The number of aromatic hydroxyl groups is 1. The highest BCUT2D eigenvalue weighted by molar-refractivity contribution is 5.57. The van der Waals surface area contributed by atoms with Gasteiger partial charge in [0, 0.05) is 0 Å². The molecule has 1 aromatic rings. The molecule has 0 unspecified atom stereocenters. The molecule has 0 fully saturated rings. The van der Waals surface area contributed by atoms with E-state index in [-0.39, 0.29) is 11.6 Å². The second-order valence-corrected chi connectivity index (χ2v) is 2.29. The van der Waals surface area contributed by atoms with Crippen LogP contribution in [0.4, 0.5) is 14.5 Å². The topological polar surface area (TPSA) is 68.4 Å². The van der Waals surface area contributed by atoms with E-state index in [9.17, 15) is 8.78 Å². The van der Waals surface area contributed by atoms with Crippen molar-refractivity contribution >= 4 is 5.69 Å². The first kappa shape index (κ1) is 9.50. The minimum Gasteiger partial charge on any atom is -0.502 e. The van der Waals surface area contributed by atoms with Crippen LogP contribution in [0.3, 0.4) is 0 Å². The van der Waals surface area contributed by atoms with Crippen LogP contribution in [0, 0.1) is 0 Å². The van der Waals surface area contributed by atoms with E-state index in [1.165, 1.54) is 7.11 Å². The van der Waals surface area contributed by atoms with Gasteiger partial charge < -0.3 is 15.6 Å². The van der Waals surface area contributed by atoms with Crippen LogP contribution >= 0.6 is 0 Å². The Morgan fingerprint density at radius 2 is 2.23 bits per heavy atom. The molecule has 0 aromatic carbocycles. The summed E-state index contributed by atoms with van der Waals surface area (Å²) in [6, 6.07) is 0.905. The van der Waals surface area contributed by atoms with Crippen molar-refractivity contribution in [3.05, 3.63) is 11.8 Å². The standard InChI is InChI=1S/C7H8F2N2O2/c1-13-7-5(12)3(10)2-4(11-7)6(8)9/h2,6,12H,1H3,(H2,10,11). The van der Waals surface area contributed by atoms with Crippen molar-refractivity contribution in [2.75, 3.05) is 12.8 Å². The molecule has 0 atom stereocenters. The van der Waals surface area contributed by atoms with E-state index < -0.39 is 17.9 Å². The average Bonchev–Trinajstić information content (AvgIpc) is 2.09. The van der Waals surface area contributed by atoms with Crippen molar-refractivity contribution in [3.63, 3.8) is 0 Å². The zero-order valence-corrected chi connectivity index (χ0v) is 6.79. The van der Waals surface area contributed by atoms with Gasteiger partial charge in [-0.3, -0.25) is 0 Å². The lowest BCUT2D eigenvalue weighted by Gasteiger charge is -2.07. The van der Waals surface area contributed by atoms with Crippen LogP contribution in [0.2, 0.25) is 0 Å². The number of halogens is 2. The van der Waals surface area contributed by atoms with Crippen LogP contribution in [0.1, 0.15) is 12.1 Å². The second-order valence-electron chi connectivity index (χ2n) is 2.29. The third kappa shape index (κ3) is 1.77. The minimum atomic E-state index is -2.74. The highest BCUT2D eigenvalue weighted by Crippen LogP contribution is 2.33. The fourth-order valence-electron chi connectivity index (χ4n) is 0.808. The van der Waals surface area contributed by atoms with Crippen molar-refractivity contribution in [3.8, 4) is 11.6 Å². The molecular weight excluding hydrogens is 182 g/mol. The van der Waals surface area contributed by atoms with Crippen molar-refractivity contribution < 1.29 is 18.6 Å². The number of nitrogens with two attached hydrogens (primary N) is 1. The van der Waals surface area contributed by atoms with Gasteiger partial charge >= 0.3 is 0 Å². The monoisotopic (exact) mass is 190 g/mol. The molecular formula is C7H8F2N2O2. The Balaban J connectivity index is 3.22. The van der Waals surface area contributed by atoms with E-state index in [0.717, 1.165) is 6.07 Å². The van der Waals surface area contributed by atoms with Gasteiger partial charge in [-0.25, -0.2) is 13.8 Å².